The Morgan fingerprint density at radius 3 is 2.71 bits per heavy atom. The Hall–Kier alpha value is -1.62. The van der Waals surface area contributed by atoms with Crippen molar-refractivity contribution in [3.05, 3.63) is 29.6 Å². The molecule has 1 N–H and O–H groups in total. The van der Waals surface area contributed by atoms with Gasteiger partial charge in [-0.15, -0.1) is 24.0 Å². The molecule has 1 saturated heterocycles. The lowest BCUT2D eigenvalue weighted by Crippen LogP contribution is -2.41. The van der Waals surface area contributed by atoms with Crippen LogP contribution in [-0.4, -0.2) is 76.2 Å². The molecule has 0 saturated carbocycles. The highest BCUT2D eigenvalue weighted by molar-refractivity contribution is 14.0. The quantitative estimate of drug-likeness (QED) is 0.347. The van der Waals surface area contributed by atoms with Gasteiger partial charge in [0.25, 0.3) is 0 Å². The summed E-state index contributed by atoms with van der Waals surface area (Å²) in [6.45, 7) is 2.72. The van der Waals surface area contributed by atoms with Crippen LogP contribution in [-0.2, 0) is 16.1 Å². The topological polar surface area (TPSA) is 66.4 Å². The Morgan fingerprint density at radius 2 is 2.14 bits per heavy atom. The number of carbonyl (C=O) groups is 1. The fourth-order valence-electron chi connectivity index (χ4n) is 2.73. The number of ether oxygens (including phenoxy) is 2. The van der Waals surface area contributed by atoms with Gasteiger partial charge >= 0.3 is 0 Å². The minimum atomic E-state index is -0.402. The molecular formula is C19H30FIN4O3. The minimum Gasteiger partial charge on any atom is -0.494 e. The van der Waals surface area contributed by atoms with Gasteiger partial charge in [-0.1, -0.05) is 6.07 Å². The van der Waals surface area contributed by atoms with Crippen molar-refractivity contribution < 1.29 is 18.7 Å². The zero-order valence-electron chi connectivity index (χ0n) is 16.9. The smallest absolute Gasteiger partial charge is 0.243 e. The van der Waals surface area contributed by atoms with Gasteiger partial charge in [0.2, 0.25) is 5.91 Å². The van der Waals surface area contributed by atoms with E-state index in [1.807, 2.05) is 18.0 Å². The second-order valence-electron chi connectivity index (χ2n) is 6.86. The van der Waals surface area contributed by atoms with E-state index in [4.69, 9.17) is 9.47 Å². The highest BCUT2D eigenvalue weighted by Crippen LogP contribution is 2.18. The summed E-state index contributed by atoms with van der Waals surface area (Å²) in [5, 5.41) is 3.32. The average molecular weight is 508 g/mol. The van der Waals surface area contributed by atoms with Gasteiger partial charge in [-0.3, -0.25) is 4.79 Å². The van der Waals surface area contributed by atoms with Gasteiger partial charge in [0.15, 0.2) is 17.5 Å². The van der Waals surface area contributed by atoms with Gasteiger partial charge in [0, 0.05) is 46.8 Å². The Labute approximate surface area is 183 Å². The predicted molar refractivity (Wildman–Crippen MR) is 118 cm³/mol. The van der Waals surface area contributed by atoms with Crippen molar-refractivity contribution >= 4 is 35.8 Å². The zero-order valence-corrected chi connectivity index (χ0v) is 19.2. The van der Waals surface area contributed by atoms with Crippen molar-refractivity contribution in [3.63, 3.8) is 0 Å². The molecule has 7 nitrogen and oxygen atoms in total. The molecule has 0 bridgehead atoms. The van der Waals surface area contributed by atoms with Gasteiger partial charge in [-0.05, 0) is 24.1 Å². The van der Waals surface area contributed by atoms with Crippen LogP contribution < -0.4 is 10.1 Å². The summed E-state index contributed by atoms with van der Waals surface area (Å²) in [4.78, 5) is 19.7. The first kappa shape index (κ1) is 24.4. The maximum atomic E-state index is 13.9. The number of likely N-dealkylation sites (N-methyl/N-ethyl adjacent to an activating group) is 1. The summed E-state index contributed by atoms with van der Waals surface area (Å²) in [6, 6.07) is 4.86. The van der Waals surface area contributed by atoms with E-state index in [2.05, 4.69) is 10.3 Å². The first-order valence-corrected chi connectivity index (χ1v) is 9.00. The third-order valence-corrected chi connectivity index (χ3v) is 4.43. The molecule has 1 amide bonds. The number of amides is 1. The largest absolute Gasteiger partial charge is 0.494 e. The van der Waals surface area contributed by atoms with Crippen LogP contribution in [0.1, 0.15) is 12.0 Å². The Kier molecular flexibility index (Phi) is 10.5. The van der Waals surface area contributed by atoms with Gasteiger partial charge in [0.05, 0.1) is 13.7 Å². The molecule has 9 heteroatoms. The SMILES string of the molecule is COc1ccc(CN(C)C(=NCC(=O)N(C)C)NCC2CCOC2)cc1F.I. The summed E-state index contributed by atoms with van der Waals surface area (Å²) >= 11 is 0. The summed E-state index contributed by atoms with van der Waals surface area (Å²) in [7, 11) is 6.70. The first-order chi connectivity index (χ1) is 12.9. The van der Waals surface area contributed by atoms with Gasteiger partial charge in [-0.25, -0.2) is 9.38 Å². The average Bonchev–Trinajstić information content (AvgIpc) is 3.15. The molecule has 0 spiro atoms. The third kappa shape index (κ3) is 7.42. The van der Waals surface area contributed by atoms with Crippen molar-refractivity contribution in [2.75, 3.05) is 54.6 Å². The summed E-state index contributed by atoms with van der Waals surface area (Å²) in [6.07, 6.45) is 1.00. The van der Waals surface area contributed by atoms with E-state index >= 15 is 0 Å². The van der Waals surface area contributed by atoms with Crippen molar-refractivity contribution in [1.82, 2.24) is 15.1 Å². The number of nitrogens with one attached hydrogen (secondary N) is 1. The van der Waals surface area contributed by atoms with E-state index in [0.717, 1.165) is 31.7 Å². The van der Waals surface area contributed by atoms with Crippen LogP contribution >= 0.6 is 24.0 Å². The number of halogens is 2. The summed E-state index contributed by atoms with van der Waals surface area (Å²) in [5.41, 5.74) is 0.786. The molecule has 1 atom stereocenters. The fraction of sp³-hybridized carbons (Fsp3) is 0.579. The number of benzene rings is 1. The van der Waals surface area contributed by atoms with Crippen molar-refractivity contribution in [2.45, 2.75) is 13.0 Å². The van der Waals surface area contributed by atoms with E-state index in [-0.39, 0.29) is 42.2 Å². The standard InChI is InChI=1S/C19H29FN4O3.HI/c1-23(2)18(25)11-22-19(21-10-15-7-8-27-13-15)24(3)12-14-5-6-17(26-4)16(20)9-14;/h5-6,9,15H,7-8,10-13H2,1-4H3,(H,21,22);1H. The lowest BCUT2D eigenvalue weighted by molar-refractivity contribution is -0.127. The predicted octanol–water partition coefficient (Wildman–Crippen LogP) is 1.95. The number of hydrogen-bond acceptors (Lipinski definition) is 4. The molecule has 28 heavy (non-hydrogen) atoms. The lowest BCUT2D eigenvalue weighted by atomic mass is 10.1. The van der Waals surface area contributed by atoms with Crippen LogP contribution in [0.25, 0.3) is 0 Å². The third-order valence-electron chi connectivity index (χ3n) is 4.43. The Morgan fingerprint density at radius 1 is 1.39 bits per heavy atom. The summed E-state index contributed by atoms with van der Waals surface area (Å²) in [5.74, 6) is 0.759. The second-order valence-corrected chi connectivity index (χ2v) is 6.86. The van der Waals surface area contributed by atoms with Crippen LogP contribution in [0.5, 0.6) is 5.75 Å². The van der Waals surface area contributed by atoms with Gasteiger partial charge in [0.1, 0.15) is 6.54 Å². The molecule has 1 aliphatic rings. The maximum absolute atomic E-state index is 13.9. The van der Waals surface area contributed by atoms with E-state index in [0.29, 0.717) is 18.4 Å². The fourth-order valence-corrected chi connectivity index (χ4v) is 2.73. The minimum absolute atomic E-state index is 0. The first-order valence-electron chi connectivity index (χ1n) is 9.00. The molecule has 0 radical (unpaired) electrons. The molecule has 0 aliphatic carbocycles. The monoisotopic (exact) mass is 508 g/mol. The highest BCUT2D eigenvalue weighted by Gasteiger charge is 2.17. The van der Waals surface area contributed by atoms with Gasteiger partial charge in [-0.2, -0.15) is 0 Å². The van der Waals surface area contributed by atoms with Crippen LogP contribution in [0.4, 0.5) is 4.39 Å². The van der Waals surface area contributed by atoms with E-state index in [9.17, 15) is 9.18 Å². The number of nitrogens with zero attached hydrogens (tertiary/aromatic N) is 3. The van der Waals surface area contributed by atoms with E-state index in [1.54, 1.807) is 20.2 Å². The molecule has 0 aromatic heterocycles. The van der Waals surface area contributed by atoms with Crippen LogP contribution in [0, 0.1) is 11.7 Å². The molecule has 1 unspecified atom stereocenters. The van der Waals surface area contributed by atoms with Crippen molar-refractivity contribution in [2.24, 2.45) is 10.9 Å². The van der Waals surface area contributed by atoms with Crippen molar-refractivity contribution in [1.29, 1.82) is 0 Å². The van der Waals surface area contributed by atoms with Crippen LogP contribution in [0.15, 0.2) is 23.2 Å². The molecule has 158 valence electrons. The Balaban J connectivity index is 0.00000392. The van der Waals surface area contributed by atoms with E-state index < -0.39 is 5.82 Å². The molecule has 2 rings (SSSR count). The number of rotatable bonds is 7. The van der Waals surface area contributed by atoms with Gasteiger partial charge < -0.3 is 24.6 Å². The maximum Gasteiger partial charge on any atom is 0.243 e. The molecule has 1 aliphatic heterocycles. The van der Waals surface area contributed by atoms with E-state index in [1.165, 1.54) is 18.1 Å². The molecule has 1 fully saturated rings. The molecule has 1 aromatic rings. The van der Waals surface area contributed by atoms with Crippen LogP contribution in [0.3, 0.4) is 0 Å². The molecular weight excluding hydrogens is 478 g/mol. The number of methoxy groups -OCH3 is 1. The van der Waals surface area contributed by atoms with Crippen molar-refractivity contribution in [3.8, 4) is 5.75 Å². The highest BCUT2D eigenvalue weighted by atomic mass is 127. The normalized spacial score (nSPS) is 16.3. The van der Waals surface area contributed by atoms with Crippen LogP contribution in [0.2, 0.25) is 0 Å². The lowest BCUT2D eigenvalue weighted by Gasteiger charge is -2.24. The molecule has 1 heterocycles. The molecule has 1 aromatic carbocycles. The summed E-state index contributed by atoms with van der Waals surface area (Å²) < 4.78 is 24.3. The Bertz CT molecular complexity index is 667. The number of carbonyl (C=O) groups excluding carboxylic acids is 1. The number of guanidine groups is 1. The number of hydrogen-bond donors (Lipinski definition) is 1. The second kappa shape index (κ2) is 12.1. The zero-order chi connectivity index (χ0) is 19.8. The number of aliphatic imine (C=N–C) groups is 1.